The molecule has 2 aromatic rings. The highest BCUT2D eigenvalue weighted by atomic mass is 79.9. The highest BCUT2D eigenvalue weighted by Crippen LogP contribution is 2.24. The van der Waals surface area contributed by atoms with Gasteiger partial charge in [0.2, 0.25) is 0 Å². The van der Waals surface area contributed by atoms with Crippen molar-refractivity contribution in [3.8, 4) is 0 Å². The number of thioether (sulfide) groups is 1. The maximum atomic E-state index is 11.0. The fraction of sp³-hybridized carbons (Fsp3) is 0.214. The Labute approximate surface area is 129 Å². The number of carboxylic acid groups (broad SMARTS) is 1. The Morgan fingerprint density at radius 2 is 2.25 bits per heavy atom. The molecular weight excluding hydrogens is 340 g/mol. The van der Waals surface area contributed by atoms with E-state index in [0.29, 0.717) is 23.7 Å². The van der Waals surface area contributed by atoms with E-state index < -0.39 is 5.97 Å². The van der Waals surface area contributed by atoms with Crippen molar-refractivity contribution in [2.24, 2.45) is 0 Å². The van der Waals surface area contributed by atoms with Gasteiger partial charge in [0, 0.05) is 15.6 Å². The lowest BCUT2D eigenvalue weighted by molar-refractivity contribution is 0.0694. The third-order valence-corrected chi connectivity index (χ3v) is 4.13. The first-order chi connectivity index (χ1) is 9.60. The minimum Gasteiger partial charge on any atom is -0.478 e. The van der Waals surface area contributed by atoms with Crippen molar-refractivity contribution in [2.75, 3.05) is 0 Å². The second-order valence-electron chi connectivity index (χ2n) is 4.05. The molecule has 0 unspecified atom stereocenters. The smallest absolute Gasteiger partial charge is 0.339 e. The number of halogens is 1. The normalized spacial score (nSPS) is 10.5. The van der Waals surface area contributed by atoms with Crippen molar-refractivity contribution in [1.82, 2.24) is 9.97 Å². The summed E-state index contributed by atoms with van der Waals surface area (Å²) in [6.07, 6.45) is 1.98. The summed E-state index contributed by atoms with van der Waals surface area (Å²) in [5, 5.41) is 9.04. The molecule has 0 aliphatic heterocycles. The highest BCUT2D eigenvalue weighted by Gasteiger charge is 2.12. The average molecular weight is 353 g/mol. The first-order valence-corrected chi connectivity index (χ1v) is 7.84. The van der Waals surface area contributed by atoms with Crippen molar-refractivity contribution in [1.29, 1.82) is 0 Å². The van der Waals surface area contributed by atoms with Gasteiger partial charge in [-0.2, -0.15) is 0 Å². The Morgan fingerprint density at radius 3 is 2.90 bits per heavy atom. The zero-order valence-electron chi connectivity index (χ0n) is 10.8. The maximum Gasteiger partial charge on any atom is 0.339 e. The number of aryl methyl sites for hydroxylation is 1. The lowest BCUT2D eigenvalue weighted by atomic mass is 10.2. The van der Waals surface area contributed by atoms with E-state index in [-0.39, 0.29) is 5.56 Å². The van der Waals surface area contributed by atoms with Crippen LogP contribution in [0.4, 0.5) is 0 Å². The van der Waals surface area contributed by atoms with Gasteiger partial charge < -0.3 is 5.11 Å². The topological polar surface area (TPSA) is 63.1 Å². The van der Waals surface area contributed by atoms with Gasteiger partial charge >= 0.3 is 5.97 Å². The van der Waals surface area contributed by atoms with Crippen LogP contribution in [-0.4, -0.2) is 21.0 Å². The van der Waals surface area contributed by atoms with Gasteiger partial charge in [0.05, 0.1) is 17.0 Å². The van der Waals surface area contributed by atoms with E-state index in [1.807, 2.05) is 31.2 Å². The second kappa shape index (κ2) is 6.85. The van der Waals surface area contributed by atoms with Crippen molar-refractivity contribution in [2.45, 2.75) is 24.0 Å². The van der Waals surface area contributed by atoms with E-state index in [4.69, 9.17) is 5.11 Å². The number of hydrogen-bond acceptors (Lipinski definition) is 4. The summed E-state index contributed by atoms with van der Waals surface area (Å²) in [6, 6.07) is 7.98. The van der Waals surface area contributed by atoms with Crippen molar-refractivity contribution >= 4 is 33.7 Å². The second-order valence-corrected chi connectivity index (χ2v) is 6.02. The van der Waals surface area contributed by atoms with Crippen LogP contribution in [0, 0.1) is 0 Å². The predicted octanol–water partition coefficient (Wildman–Crippen LogP) is 3.79. The Morgan fingerprint density at radius 1 is 1.45 bits per heavy atom. The van der Waals surface area contributed by atoms with Crippen LogP contribution in [0.1, 0.15) is 28.8 Å². The Hall–Kier alpha value is -1.40. The molecule has 0 bridgehead atoms. The van der Waals surface area contributed by atoms with Crippen LogP contribution in [0.25, 0.3) is 0 Å². The molecule has 0 aliphatic rings. The molecule has 1 heterocycles. The van der Waals surface area contributed by atoms with Crippen LogP contribution in [0.3, 0.4) is 0 Å². The first-order valence-electron chi connectivity index (χ1n) is 6.06. The summed E-state index contributed by atoms with van der Waals surface area (Å²) in [5.41, 5.74) is 0.765. The number of aromatic carboxylic acids is 1. The van der Waals surface area contributed by atoms with E-state index in [1.165, 1.54) is 6.20 Å². The van der Waals surface area contributed by atoms with Crippen LogP contribution in [-0.2, 0) is 12.2 Å². The zero-order chi connectivity index (χ0) is 14.5. The summed E-state index contributed by atoms with van der Waals surface area (Å²) >= 11 is 5.05. The minimum absolute atomic E-state index is 0.184. The van der Waals surface area contributed by atoms with Crippen molar-refractivity contribution < 1.29 is 9.90 Å². The van der Waals surface area contributed by atoms with E-state index >= 15 is 0 Å². The van der Waals surface area contributed by atoms with Gasteiger partial charge in [-0.25, -0.2) is 14.8 Å². The fourth-order valence-electron chi connectivity index (χ4n) is 1.68. The average Bonchev–Trinajstić information content (AvgIpc) is 2.44. The molecule has 20 heavy (non-hydrogen) atoms. The third-order valence-electron chi connectivity index (χ3n) is 2.65. The van der Waals surface area contributed by atoms with Crippen LogP contribution >= 0.6 is 27.7 Å². The summed E-state index contributed by atoms with van der Waals surface area (Å²) in [6.45, 7) is 1.89. The highest BCUT2D eigenvalue weighted by molar-refractivity contribution is 9.10. The number of aromatic nitrogens is 2. The van der Waals surface area contributed by atoms with Crippen LogP contribution < -0.4 is 0 Å². The van der Waals surface area contributed by atoms with Gasteiger partial charge in [-0.1, -0.05) is 28.9 Å². The molecule has 104 valence electrons. The molecule has 0 saturated carbocycles. The molecule has 4 nitrogen and oxygen atoms in total. The number of carboxylic acids is 1. The van der Waals surface area contributed by atoms with E-state index in [2.05, 4.69) is 25.9 Å². The molecule has 1 N–H and O–H groups in total. The zero-order valence-corrected chi connectivity index (χ0v) is 13.2. The Balaban J connectivity index is 2.12. The molecule has 0 spiro atoms. The summed E-state index contributed by atoms with van der Waals surface area (Å²) < 4.78 is 1.03. The lowest BCUT2D eigenvalue weighted by Crippen LogP contribution is -2.07. The molecule has 0 aliphatic carbocycles. The van der Waals surface area contributed by atoms with Gasteiger partial charge in [0.15, 0.2) is 0 Å². The largest absolute Gasteiger partial charge is 0.478 e. The monoisotopic (exact) mass is 352 g/mol. The molecule has 1 aromatic heterocycles. The molecule has 0 atom stereocenters. The van der Waals surface area contributed by atoms with Gasteiger partial charge in [0.1, 0.15) is 5.82 Å². The molecular formula is C14H13BrN2O2S. The Bertz CT molecular complexity index is 634. The van der Waals surface area contributed by atoms with E-state index in [0.717, 1.165) is 9.37 Å². The number of benzene rings is 1. The van der Waals surface area contributed by atoms with Gasteiger partial charge in [-0.15, -0.1) is 11.8 Å². The lowest BCUT2D eigenvalue weighted by Gasteiger charge is -2.06. The number of nitrogens with zero attached hydrogens (tertiary/aromatic N) is 2. The van der Waals surface area contributed by atoms with Crippen LogP contribution in [0.15, 0.2) is 39.8 Å². The third kappa shape index (κ3) is 3.80. The first kappa shape index (κ1) is 15.0. The molecule has 0 radical (unpaired) electrons. The minimum atomic E-state index is -0.979. The van der Waals surface area contributed by atoms with Crippen molar-refractivity contribution in [3.05, 3.63) is 52.0 Å². The van der Waals surface area contributed by atoms with E-state index in [1.54, 1.807) is 11.8 Å². The molecule has 2 rings (SSSR count). The Kier molecular flexibility index (Phi) is 5.14. The molecule has 0 saturated heterocycles. The van der Waals surface area contributed by atoms with Gasteiger partial charge in [0.25, 0.3) is 0 Å². The van der Waals surface area contributed by atoms with E-state index in [9.17, 15) is 4.79 Å². The predicted molar refractivity (Wildman–Crippen MR) is 82.1 cm³/mol. The van der Waals surface area contributed by atoms with Crippen LogP contribution in [0.5, 0.6) is 0 Å². The molecule has 1 aromatic carbocycles. The summed E-state index contributed by atoms with van der Waals surface area (Å²) in [5.74, 6) is 0.286. The summed E-state index contributed by atoms with van der Waals surface area (Å²) in [4.78, 5) is 20.6. The SMILES string of the molecule is CCc1nc(CSc2cccc(Br)c2)ncc1C(=O)O. The van der Waals surface area contributed by atoms with Gasteiger partial charge in [-0.05, 0) is 24.6 Å². The van der Waals surface area contributed by atoms with Gasteiger partial charge in [-0.3, -0.25) is 0 Å². The van der Waals surface area contributed by atoms with Crippen LogP contribution in [0.2, 0.25) is 0 Å². The molecule has 0 fully saturated rings. The standard InChI is InChI=1S/C14H13BrN2O2S/c1-2-12-11(14(18)19)7-16-13(17-12)8-20-10-5-3-4-9(15)6-10/h3-7H,2,8H2,1H3,(H,18,19). The summed E-state index contributed by atoms with van der Waals surface area (Å²) in [7, 11) is 0. The maximum absolute atomic E-state index is 11.0. The fourth-order valence-corrected chi connectivity index (χ4v) is 3.05. The number of carbonyl (C=O) groups is 1. The number of hydrogen-bond donors (Lipinski definition) is 1. The quantitative estimate of drug-likeness (QED) is 0.829. The van der Waals surface area contributed by atoms with Crippen molar-refractivity contribution in [3.63, 3.8) is 0 Å². The number of rotatable bonds is 5. The molecule has 6 heteroatoms. The molecule has 0 amide bonds.